The van der Waals surface area contributed by atoms with E-state index in [1.165, 1.54) is 6.42 Å². The topological polar surface area (TPSA) is 56.8 Å². The van der Waals surface area contributed by atoms with Crippen LogP contribution in [0.25, 0.3) is 0 Å². The van der Waals surface area contributed by atoms with Gasteiger partial charge in [0.1, 0.15) is 12.4 Å². The zero-order valence-electron chi connectivity index (χ0n) is 13.7. The summed E-state index contributed by atoms with van der Waals surface area (Å²) in [5.74, 6) is 0.757. The molecule has 2 fully saturated rings. The molecule has 2 aliphatic rings. The van der Waals surface area contributed by atoms with Crippen LogP contribution in [0.4, 0.5) is 0 Å². The Hall–Kier alpha value is -1.59. The van der Waals surface area contributed by atoms with Crippen LogP contribution >= 0.6 is 0 Å². The van der Waals surface area contributed by atoms with Crippen LogP contribution in [0.2, 0.25) is 0 Å². The largest absolute Gasteiger partial charge is 0.491 e. The third-order valence-corrected chi connectivity index (χ3v) is 5.14. The van der Waals surface area contributed by atoms with Crippen LogP contribution in [0, 0.1) is 5.41 Å². The second-order valence-corrected chi connectivity index (χ2v) is 6.41. The minimum Gasteiger partial charge on any atom is -0.491 e. The Kier molecular flexibility index (Phi) is 5.18. The summed E-state index contributed by atoms with van der Waals surface area (Å²) >= 11 is 0. The van der Waals surface area contributed by atoms with E-state index in [-0.39, 0.29) is 17.4 Å². The Bertz CT molecular complexity index is 522. The minimum atomic E-state index is 0.00371. The van der Waals surface area contributed by atoms with Crippen LogP contribution in [-0.2, 0) is 9.47 Å². The maximum atomic E-state index is 12.4. The van der Waals surface area contributed by atoms with Crippen LogP contribution in [0.15, 0.2) is 24.3 Å². The molecule has 1 amide bonds. The van der Waals surface area contributed by atoms with Gasteiger partial charge >= 0.3 is 0 Å². The lowest BCUT2D eigenvalue weighted by molar-refractivity contribution is -0.0523. The zero-order valence-corrected chi connectivity index (χ0v) is 13.7. The molecule has 1 aliphatic carbocycles. The predicted molar refractivity (Wildman–Crippen MR) is 86.8 cm³/mol. The summed E-state index contributed by atoms with van der Waals surface area (Å²) in [7, 11) is 1.64. The van der Waals surface area contributed by atoms with Gasteiger partial charge in [-0.05, 0) is 55.4 Å². The summed E-state index contributed by atoms with van der Waals surface area (Å²) in [6.07, 6.45) is 4.39. The fourth-order valence-electron chi connectivity index (χ4n) is 3.49. The highest BCUT2D eigenvalue weighted by molar-refractivity contribution is 5.94. The molecular weight excluding hydrogens is 294 g/mol. The number of ether oxygens (including phenoxy) is 3. The summed E-state index contributed by atoms with van der Waals surface area (Å²) < 4.78 is 15.9. The number of carbonyl (C=O) groups is 1. The van der Waals surface area contributed by atoms with Crippen LogP contribution in [0.1, 0.15) is 36.0 Å². The number of methoxy groups -OCH3 is 1. The molecule has 23 heavy (non-hydrogen) atoms. The van der Waals surface area contributed by atoms with Gasteiger partial charge in [-0.2, -0.15) is 0 Å². The highest BCUT2D eigenvalue weighted by atomic mass is 16.5. The molecule has 5 nitrogen and oxygen atoms in total. The molecule has 5 heteroatoms. The molecule has 1 saturated heterocycles. The van der Waals surface area contributed by atoms with Crippen molar-refractivity contribution >= 4 is 5.91 Å². The number of nitrogens with one attached hydrogen (secondary N) is 1. The van der Waals surface area contributed by atoms with E-state index in [0.717, 1.165) is 38.2 Å². The maximum absolute atomic E-state index is 12.4. The van der Waals surface area contributed by atoms with Gasteiger partial charge in [-0.15, -0.1) is 0 Å². The first kappa shape index (κ1) is 16.3. The Morgan fingerprint density at radius 2 is 1.96 bits per heavy atom. The van der Waals surface area contributed by atoms with Gasteiger partial charge in [-0.3, -0.25) is 4.79 Å². The molecule has 1 aliphatic heterocycles. The summed E-state index contributed by atoms with van der Waals surface area (Å²) in [5, 5.41) is 3.21. The van der Waals surface area contributed by atoms with Crippen LogP contribution in [-0.4, -0.2) is 45.5 Å². The van der Waals surface area contributed by atoms with E-state index >= 15 is 0 Å². The Morgan fingerprint density at radius 1 is 1.22 bits per heavy atom. The average molecular weight is 319 g/mol. The van der Waals surface area contributed by atoms with E-state index in [4.69, 9.17) is 14.2 Å². The molecule has 1 unspecified atom stereocenters. The normalized spacial score (nSPS) is 22.4. The molecule has 3 rings (SSSR count). The van der Waals surface area contributed by atoms with Crippen molar-refractivity contribution in [3.05, 3.63) is 29.8 Å². The van der Waals surface area contributed by atoms with Gasteiger partial charge in [0, 0.05) is 31.9 Å². The first-order valence-electron chi connectivity index (χ1n) is 8.34. The number of hydrogen-bond donors (Lipinski definition) is 1. The van der Waals surface area contributed by atoms with Gasteiger partial charge < -0.3 is 19.5 Å². The number of amides is 1. The molecular formula is C18H25NO4. The van der Waals surface area contributed by atoms with E-state index in [9.17, 15) is 4.79 Å². The molecule has 1 heterocycles. The van der Waals surface area contributed by atoms with Gasteiger partial charge in [0.05, 0.1) is 6.61 Å². The fourth-order valence-corrected chi connectivity index (χ4v) is 3.49. The maximum Gasteiger partial charge on any atom is 0.251 e. The summed E-state index contributed by atoms with van der Waals surface area (Å²) in [5.41, 5.74) is 0.954. The van der Waals surface area contributed by atoms with Crippen molar-refractivity contribution in [1.29, 1.82) is 0 Å². The molecule has 1 N–H and O–H groups in total. The van der Waals surface area contributed by atoms with Gasteiger partial charge in [-0.25, -0.2) is 0 Å². The lowest BCUT2D eigenvalue weighted by Crippen LogP contribution is -2.57. The monoisotopic (exact) mass is 319 g/mol. The number of carbonyl (C=O) groups excluding carboxylic acids is 1. The average Bonchev–Trinajstić information content (AvgIpc) is 2.60. The first-order chi connectivity index (χ1) is 11.2. The van der Waals surface area contributed by atoms with E-state index < -0.39 is 0 Å². The smallest absolute Gasteiger partial charge is 0.251 e. The minimum absolute atomic E-state index is 0.00371. The summed E-state index contributed by atoms with van der Waals surface area (Å²) in [4.78, 5) is 12.4. The highest BCUT2D eigenvalue weighted by Crippen LogP contribution is 2.48. The van der Waals surface area contributed by atoms with E-state index in [2.05, 4.69) is 5.32 Å². The quantitative estimate of drug-likeness (QED) is 0.818. The molecule has 0 aromatic heterocycles. The third-order valence-electron chi connectivity index (χ3n) is 5.14. The van der Waals surface area contributed by atoms with Crippen molar-refractivity contribution in [2.45, 2.75) is 31.7 Å². The molecule has 1 atom stereocenters. The molecule has 126 valence electrons. The van der Waals surface area contributed by atoms with Crippen molar-refractivity contribution in [3.63, 3.8) is 0 Å². The molecule has 1 saturated carbocycles. The number of benzene rings is 1. The third kappa shape index (κ3) is 3.67. The standard InChI is InChI=1S/C18H25NO4/c1-21-12-13-23-15-4-2-14(3-5-15)17(20)19-16-6-7-18(16)8-10-22-11-9-18/h2-5,16H,6-13H2,1H3,(H,19,20). The Balaban J connectivity index is 1.54. The molecule has 0 bridgehead atoms. The van der Waals surface area contributed by atoms with Crippen LogP contribution in [0.5, 0.6) is 5.75 Å². The van der Waals surface area contributed by atoms with E-state index in [0.29, 0.717) is 18.8 Å². The Labute approximate surface area is 137 Å². The highest BCUT2D eigenvalue weighted by Gasteiger charge is 2.47. The summed E-state index contributed by atoms with van der Waals surface area (Å²) in [6, 6.07) is 7.57. The van der Waals surface area contributed by atoms with Crippen molar-refractivity contribution in [2.24, 2.45) is 5.41 Å². The second kappa shape index (κ2) is 7.32. The predicted octanol–water partition coefficient (Wildman–Crippen LogP) is 2.40. The lowest BCUT2D eigenvalue weighted by Gasteiger charge is -2.52. The molecule has 0 radical (unpaired) electrons. The molecule has 1 spiro atoms. The zero-order chi connectivity index (χ0) is 16.1. The number of rotatable bonds is 6. The van der Waals surface area contributed by atoms with Gasteiger partial charge in [0.25, 0.3) is 5.91 Å². The van der Waals surface area contributed by atoms with Gasteiger partial charge in [0.2, 0.25) is 0 Å². The van der Waals surface area contributed by atoms with Gasteiger partial charge in [0.15, 0.2) is 0 Å². The fraction of sp³-hybridized carbons (Fsp3) is 0.611. The second-order valence-electron chi connectivity index (χ2n) is 6.41. The molecule has 1 aromatic carbocycles. The van der Waals surface area contributed by atoms with Gasteiger partial charge in [-0.1, -0.05) is 0 Å². The van der Waals surface area contributed by atoms with Crippen molar-refractivity contribution in [2.75, 3.05) is 33.5 Å². The lowest BCUT2D eigenvalue weighted by atomic mass is 9.60. The van der Waals surface area contributed by atoms with E-state index in [1.807, 2.05) is 24.3 Å². The van der Waals surface area contributed by atoms with Crippen molar-refractivity contribution < 1.29 is 19.0 Å². The molecule has 1 aromatic rings. The van der Waals surface area contributed by atoms with E-state index in [1.54, 1.807) is 7.11 Å². The van der Waals surface area contributed by atoms with Crippen LogP contribution < -0.4 is 10.1 Å². The van der Waals surface area contributed by atoms with Crippen molar-refractivity contribution in [1.82, 2.24) is 5.32 Å². The number of hydrogen-bond acceptors (Lipinski definition) is 4. The van der Waals surface area contributed by atoms with Crippen molar-refractivity contribution in [3.8, 4) is 5.75 Å². The first-order valence-corrected chi connectivity index (χ1v) is 8.34. The SMILES string of the molecule is COCCOc1ccc(C(=O)NC2CCC23CCOCC3)cc1. The van der Waals surface area contributed by atoms with Crippen LogP contribution in [0.3, 0.4) is 0 Å². The summed E-state index contributed by atoms with van der Waals surface area (Å²) in [6.45, 7) is 2.70. The Morgan fingerprint density at radius 3 is 2.57 bits per heavy atom.